The van der Waals surface area contributed by atoms with E-state index >= 15 is 0 Å². The van der Waals surface area contributed by atoms with E-state index in [1.807, 2.05) is 12.1 Å². The van der Waals surface area contributed by atoms with Gasteiger partial charge in [-0.3, -0.25) is 4.79 Å². The van der Waals surface area contributed by atoms with Gasteiger partial charge in [-0.25, -0.2) is 9.59 Å². The average molecular weight is 476 g/mol. The van der Waals surface area contributed by atoms with Gasteiger partial charge in [-0.15, -0.1) is 0 Å². The van der Waals surface area contributed by atoms with Crippen LogP contribution in [0.3, 0.4) is 0 Å². The number of carbonyl (C=O) groups excluding carboxylic acids is 1. The number of hydrogen-bond donors (Lipinski definition) is 3. The summed E-state index contributed by atoms with van der Waals surface area (Å²) in [6.07, 6.45) is 7.06. The number of carboxylic acids is 2. The van der Waals surface area contributed by atoms with Crippen LogP contribution in [0.2, 0.25) is 0 Å². The molecule has 0 saturated carbocycles. The molecule has 0 fully saturated rings. The highest BCUT2D eigenvalue weighted by molar-refractivity contribution is 6.05. The Hall–Kier alpha value is -4.13. The van der Waals surface area contributed by atoms with Gasteiger partial charge in [0, 0.05) is 5.56 Å². The molecule has 0 aliphatic carbocycles. The van der Waals surface area contributed by atoms with Crippen molar-refractivity contribution in [3.05, 3.63) is 89.0 Å². The van der Waals surface area contributed by atoms with Gasteiger partial charge in [0.2, 0.25) is 0 Å². The molecule has 0 bridgehead atoms. The van der Waals surface area contributed by atoms with Crippen molar-refractivity contribution in [3.63, 3.8) is 0 Å². The molecule has 182 valence electrons. The number of aryl methyl sites for hydroxylation is 1. The number of hydrogen-bond acceptors (Lipinski definition) is 4. The van der Waals surface area contributed by atoms with Crippen molar-refractivity contribution in [1.82, 2.24) is 0 Å². The van der Waals surface area contributed by atoms with E-state index in [9.17, 15) is 24.6 Å². The van der Waals surface area contributed by atoms with Gasteiger partial charge in [-0.1, -0.05) is 56.9 Å². The predicted molar refractivity (Wildman–Crippen MR) is 134 cm³/mol. The monoisotopic (exact) mass is 475 g/mol. The van der Waals surface area contributed by atoms with Gasteiger partial charge < -0.3 is 20.3 Å². The molecule has 3 aromatic rings. The van der Waals surface area contributed by atoms with Crippen LogP contribution in [0, 0.1) is 0 Å². The number of anilines is 1. The lowest BCUT2D eigenvalue weighted by Gasteiger charge is -2.13. The molecule has 35 heavy (non-hydrogen) atoms. The summed E-state index contributed by atoms with van der Waals surface area (Å²) in [5.41, 5.74) is 1.38. The Balaban J connectivity index is 1.68. The smallest absolute Gasteiger partial charge is 0.336 e. The van der Waals surface area contributed by atoms with Crippen LogP contribution in [0.25, 0.3) is 0 Å². The van der Waals surface area contributed by atoms with E-state index in [2.05, 4.69) is 12.2 Å². The number of carbonyl (C=O) groups is 3. The van der Waals surface area contributed by atoms with E-state index in [0.29, 0.717) is 17.0 Å². The summed E-state index contributed by atoms with van der Waals surface area (Å²) in [6.45, 7) is 2.20. The number of amides is 1. The second-order valence-corrected chi connectivity index (χ2v) is 8.23. The Labute approximate surface area is 204 Å². The molecule has 0 saturated heterocycles. The number of ether oxygens (including phenoxy) is 1. The molecule has 3 N–H and O–H groups in total. The van der Waals surface area contributed by atoms with Crippen molar-refractivity contribution in [1.29, 1.82) is 0 Å². The zero-order chi connectivity index (χ0) is 25.2. The van der Waals surface area contributed by atoms with E-state index in [1.165, 1.54) is 43.4 Å². The fourth-order valence-electron chi connectivity index (χ4n) is 3.69. The molecular formula is C28H29NO6. The molecule has 3 aromatic carbocycles. The highest BCUT2D eigenvalue weighted by atomic mass is 16.5. The van der Waals surface area contributed by atoms with Crippen molar-refractivity contribution in [2.75, 3.05) is 5.32 Å². The number of rotatable bonds is 12. The average Bonchev–Trinajstić information content (AvgIpc) is 2.85. The van der Waals surface area contributed by atoms with Crippen molar-refractivity contribution in [3.8, 4) is 11.5 Å². The second kappa shape index (κ2) is 12.4. The number of carboxylic acid groups (broad SMARTS) is 2. The summed E-state index contributed by atoms with van der Waals surface area (Å²) < 4.78 is 5.79. The third-order valence-corrected chi connectivity index (χ3v) is 5.60. The molecule has 7 heteroatoms. The molecule has 0 aliphatic heterocycles. The zero-order valence-corrected chi connectivity index (χ0v) is 19.6. The number of para-hydroxylation sites is 2. The SMILES string of the molecule is CCCCCCCc1ccc(C(=O)Nc2ccccc2Oc2ccc(C(=O)O)c(C(=O)O)c2)cc1. The largest absolute Gasteiger partial charge is 0.478 e. The van der Waals surface area contributed by atoms with Crippen molar-refractivity contribution in [2.24, 2.45) is 0 Å². The minimum absolute atomic E-state index is 0.136. The van der Waals surface area contributed by atoms with Gasteiger partial charge in [-0.2, -0.15) is 0 Å². The Kier molecular flexibility index (Phi) is 9.01. The van der Waals surface area contributed by atoms with Gasteiger partial charge in [0.25, 0.3) is 5.91 Å². The molecule has 7 nitrogen and oxygen atoms in total. The maximum absolute atomic E-state index is 12.8. The molecule has 0 heterocycles. The van der Waals surface area contributed by atoms with Crippen LogP contribution in [0.15, 0.2) is 66.7 Å². The number of benzene rings is 3. The Morgan fingerprint density at radius 1 is 0.800 bits per heavy atom. The first-order valence-corrected chi connectivity index (χ1v) is 11.7. The molecule has 0 radical (unpaired) electrons. The molecule has 0 spiro atoms. The maximum atomic E-state index is 12.8. The van der Waals surface area contributed by atoms with Crippen LogP contribution in [-0.2, 0) is 6.42 Å². The Morgan fingerprint density at radius 3 is 2.17 bits per heavy atom. The van der Waals surface area contributed by atoms with Gasteiger partial charge >= 0.3 is 11.9 Å². The number of aromatic carboxylic acids is 2. The van der Waals surface area contributed by atoms with Crippen molar-refractivity contribution < 1.29 is 29.3 Å². The molecule has 3 rings (SSSR count). The number of unbranched alkanes of at least 4 members (excludes halogenated alkanes) is 4. The minimum Gasteiger partial charge on any atom is -0.478 e. The Bertz CT molecular complexity index is 1190. The molecular weight excluding hydrogens is 446 g/mol. The topological polar surface area (TPSA) is 113 Å². The summed E-state index contributed by atoms with van der Waals surface area (Å²) >= 11 is 0. The highest BCUT2D eigenvalue weighted by Gasteiger charge is 2.18. The number of nitrogens with one attached hydrogen (secondary N) is 1. The summed E-state index contributed by atoms with van der Waals surface area (Å²) in [6, 6.07) is 18.0. The van der Waals surface area contributed by atoms with E-state index < -0.39 is 11.9 Å². The lowest BCUT2D eigenvalue weighted by atomic mass is 10.0. The van der Waals surface area contributed by atoms with E-state index in [-0.39, 0.29) is 22.8 Å². The van der Waals surface area contributed by atoms with E-state index in [4.69, 9.17) is 4.74 Å². The maximum Gasteiger partial charge on any atom is 0.336 e. The van der Waals surface area contributed by atoms with Crippen LogP contribution in [0.4, 0.5) is 5.69 Å². The molecule has 0 atom stereocenters. The van der Waals surface area contributed by atoms with Gasteiger partial charge in [0.05, 0.1) is 16.8 Å². The molecule has 1 amide bonds. The fraction of sp³-hybridized carbons (Fsp3) is 0.250. The molecule has 0 unspecified atom stereocenters. The first-order valence-electron chi connectivity index (χ1n) is 11.7. The molecule has 0 aromatic heterocycles. The van der Waals surface area contributed by atoms with Crippen LogP contribution < -0.4 is 10.1 Å². The second-order valence-electron chi connectivity index (χ2n) is 8.23. The highest BCUT2D eigenvalue weighted by Crippen LogP contribution is 2.31. The van der Waals surface area contributed by atoms with Crippen molar-refractivity contribution >= 4 is 23.5 Å². The predicted octanol–water partition coefficient (Wildman–Crippen LogP) is 6.64. The van der Waals surface area contributed by atoms with E-state index in [1.54, 1.807) is 36.4 Å². The standard InChI is InChI=1S/C28H29NO6/c1-2-3-4-5-6-9-19-12-14-20(15-13-19)26(30)29-24-10-7-8-11-25(24)35-21-16-17-22(27(31)32)23(18-21)28(33)34/h7-8,10-18H,2-6,9H2,1H3,(H,29,30)(H,31,32)(H,33,34). The first-order chi connectivity index (χ1) is 16.9. The van der Waals surface area contributed by atoms with Crippen LogP contribution >= 0.6 is 0 Å². The van der Waals surface area contributed by atoms with Crippen molar-refractivity contribution in [2.45, 2.75) is 45.4 Å². The lowest BCUT2D eigenvalue weighted by Crippen LogP contribution is -2.12. The Morgan fingerprint density at radius 2 is 1.49 bits per heavy atom. The fourth-order valence-corrected chi connectivity index (χ4v) is 3.69. The molecule has 0 aliphatic rings. The van der Waals surface area contributed by atoms with E-state index in [0.717, 1.165) is 18.9 Å². The quantitative estimate of drug-likeness (QED) is 0.253. The summed E-state index contributed by atoms with van der Waals surface area (Å²) in [4.78, 5) is 35.5. The normalized spacial score (nSPS) is 10.5. The summed E-state index contributed by atoms with van der Waals surface area (Å²) in [7, 11) is 0. The van der Waals surface area contributed by atoms with Crippen LogP contribution in [0.5, 0.6) is 11.5 Å². The minimum atomic E-state index is -1.38. The van der Waals surface area contributed by atoms with Crippen LogP contribution in [-0.4, -0.2) is 28.1 Å². The van der Waals surface area contributed by atoms with Crippen LogP contribution in [0.1, 0.15) is 75.7 Å². The van der Waals surface area contributed by atoms with Gasteiger partial charge in [-0.05, 0) is 60.9 Å². The third kappa shape index (κ3) is 7.17. The summed E-state index contributed by atoms with van der Waals surface area (Å²) in [5, 5.41) is 21.3. The lowest BCUT2D eigenvalue weighted by molar-refractivity contribution is 0.0651. The van der Waals surface area contributed by atoms with Gasteiger partial charge in [0.15, 0.2) is 5.75 Å². The third-order valence-electron chi connectivity index (χ3n) is 5.60. The van der Waals surface area contributed by atoms with Gasteiger partial charge in [0.1, 0.15) is 5.75 Å². The first kappa shape index (κ1) is 25.5. The zero-order valence-electron chi connectivity index (χ0n) is 19.6. The summed E-state index contributed by atoms with van der Waals surface area (Å²) in [5.74, 6) is -2.59.